The van der Waals surface area contributed by atoms with Crippen LogP contribution < -0.4 is 4.90 Å². The first kappa shape index (κ1) is 16.2. The SMILES string of the molecule is CN1CCN(c2ccc(C(=O)O)c([N+](=O)[O-])c2)CC1.Cl. The van der Waals surface area contributed by atoms with Crippen molar-refractivity contribution in [3.63, 3.8) is 0 Å². The summed E-state index contributed by atoms with van der Waals surface area (Å²) < 4.78 is 0. The number of rotatable bonds is 3. The second-order valence-corrected chi connectivity index (χ2v) is 4.55. The lowest BCUT2D eigenvalue weighted by Crippen LogP contribution is -2.44. The summed E-state index contributed by atoms with van der Waals surface area (Å²) in [6.45, 7) is 3.32. The standard InChI is InChI=1S/C12H15N3O4.ClH/c1-13-4-6-14(7-5-13)9-2-3-10(12(16)17)11(8-9)15(18)19;/h2-3,8H,4-7H2,1H3,(H,16,17);1H. The minimum absolute atomic E-state index is 0. The summed E-state index contributed by atoms with van der Waals surface area (Å²) in [5.41, 5.74) is 0.0663. The molecule has 1 aliphatic heterocycles. The van der Waals surface area contributed by atoms with Crippen LogP contribution in [0.5, 0.6) is 0 Å². The zero-order chi connectivity index (χ0) is 14.0. The fraction of sp³-hybridized carbons (Fsp3) is 0.417. The number of piperazine rings is 1. The molecule has 0 aliphatic carbocycles. The van der Waals surface area contributed by atoms with Crippen LogP contribution in [0.2, 0.25) is 0 Å². The first-order valence-corrected chi connectivity index (χ1v) is 5.94. The van der Waals surface area contributed by atoms with Crippen LogP contribution in [0.25, 0.3) is 0 Å². The van der Waals surface area contributed by atoms with Gasteiger partial charge in [-0.1, -0.05) is 0 Å². The second kappa shape index (κ2) is 6.53. The number of nitrogens with zero attached hydrogens (tertiary/aromatic N) is 3. The van der Waals surface area contributed by atoms with Gasteiger partial charge in [0.2, 0.25) is 0 Å². The molecule has 1 saturated heterocycles. The predicted octanol–water partition coefficient (Wildman–Crippen LogP) is 1.47. The number of hydrogen-bond acceptors (Lipinski definition) is 5. The van der Waals surface area contributed by atoms with E-state index in [-0.39, 0.29) is 23.7 Å². The van der Waals surface area contributed by atoms with Crippen LogP contribution in [0.3, 0.4) is 0 Å². The molecule has 0 radical (unpaired) electrons. The number of carboxylic acid groups (broad SMARTS) is 1. The van der Waals surface area contributed by atoms with Crippen molar-refractivity contribution in [1.29, 1.82) is 0 Å². The molecule has 1 aromatic rings. The van der Waals surface area contributed by atoms with Crippen molar-refractivity contribution in [3.8, 4) is 0 Å². The lowest BCUT2D eigenvalue weighted by atomic mass is 10.1. The van der Waals surface area contributed by atoms with Crippen molar-refractivity contribution >= 4 is 29.8 Å². The van der Waals surface area contributed by atoms with Crippen molar-refractivity contribution in [1.82, 2.24) is 4.90 Å². The Labute approximate surface area is 122 Å². The van der Waals surface area contributed by atoms with Crippen LogP contribution in [0.1, 0.15) is 10.4 Å². The smallest absolute Gasteiger partial charge is 0.342 e. The van der Waals surface area contributed by atoms with Gasteiger partial charge in [-0.3, -0.25) is 10.1 Å². The molecule has 1 N–H and O–H groups in total. The van der Waals surface area contributed by atoms with Gasteiger partial charge in [0.1, 0.15) is 5.56 Å². The molecule has 0 bridgehead atoms. The van der Waals surface area contributed by atoms with Gasteiger partial charge in [0.15, 0.2) is 0 Å². The van der Waals surface area contributed by atoms with Gasteiger partial charge in [0.25, 0.3) is 5.69 Å². The Morgan fingerprint density at radius 3 is 2.40 bits per heavy atom. The maximum atomic E-state index is 10.9. The molecule has 2 rings (SSSR count). The molecule has 8 heteroatoms. The highest BCUT2D eigenvalue weighted by Crippen LogP contribution is 2.26. The minimum Gasteiger partial charge on any atom is -0.477 e. The first-order chi connectivity index (χ1) is 8.99. The highest BCUT2D eigenvalue weighted by Gasteiger charge is 2.22. The number of aromatic carboxylic acids is 1. The maximum absolute atomic E-state index is 10.9. The summed E-state index contributed by atoms with van der Waals surface area (Å²) in [4.78, 5) is 25.4. The Kier molecular flexibility index (Phi) is 5.29. The van der Waals surface area contributed by atoms with Gasteiger partial charge < -0.3 is 14.9 Å². The number of hydrogen-bond donors (Lipinski definition) is 1. The number of halogens is 1. The van der Waals surface area contributed by atoms with Gasteiger partial charge in [-0.05, 0) is 19.2 Å². The molecule has 0 atom stereocenters. The van der Waals surface area contributed by atoms with Crippen LogP contribution in [0.4, 0.5) is 11.4 Å². The quantitative estimate of drug-likeness (QED) is 0.672. The van der Waals surface area contributed by atoms with Gasteiger partial charge in [0, 0.05) is 37.9 Å². The highest BCUT2D eigenvalue weighted by molar-refractivity contribution is 5.93. The third-order valence-corrected chi connectivity index (χ3v) is 3.28. The van der Waals surface area contributed by atoms with E-state index < -0.39 is 10.9 Å². The molecule has 1 aliphatic rings. The average Bonchev–Trinajstić information content (AvgIpc) is 2.38. The lowest BCUT2D eigenvalue weighted by Gasteiger charge is -2.33. The third-order valence-electron chi connectivity index (χ3n) is 3.28. The lowest BCUT2D eigenvalue weighted by molar-refractivity contribution is -0.385. The van der Waals surface area contributed by atoms with E-state index in [1.165, 1.54) is 12.1 Å². The molecule has 1 aromatic carbocycles. The molecule has 1 fully saturated rings. The number of anilines is 1. The summed E-state index contributed by atoms with van der Waals surface area (Å²) in [6.07, 6.45) is 0. The van der Waals surface area contributed by atoms with Gasteiger partial charge in [0.05, 0.1) is 4.92 Å². The first-order valence-electron chi connectivity index (χ1n) is 5.94. The van der Waals surface area contributed by atoms with E-state index in [4.69, 9.17) is 5.11 Å². The van der Waals surface area contributed by atoms with Crippen molar-refractivity contribution < 1.29 is 14.8 Å². The van der Waals surface area contributed by atoms with E-state index in [9.17, 15) is 14.9 Å². The minimum atomic E-state index is -1.28. The Bertz CT molecular complexity index is 515. The molecule has 0 unspecified atom stereocenters. The van der Waals surface area contributed by atoms with Crippen molar-refractivity contribution in [2.45, 2.75) is 0 Å². The highest BCUT2D eigenvalue weighted by atomic mass is 35.5. The number of carboxylic acids is 1. The molecule has 20 heavy (non-hydrogen) atoms. The summed E-state index contributed by atoms with van der Waals surface area (Å²) >= 11 is 0. The molecule has 0 saturated carbocycles. The van der Waals surface area contributed by atoms with Crippen molar-refractivity contribution in [2.75, 3.05) is 38.1 Å². The van der Waals surface area contributed by atoms with E-state index in [1.54, 1.807) is 6.07 Å². The van der Waals surface area contributed by atoms with Gasteiger partial charge in [-0.15, -0.1) is 12.4 Å². The second-order valence-electron chi connectivity index (χ2n) is 4.55. The van der Waals surface area contributed by atoms with Crippen LogP contribution in [-0.2, 0) is 0 Å². The number of nitro groups is 1. The van der Waals surface area contributed by atoms with Crippen LogP contribution in [0.15, 0.2) is 18.2 Å². The van der Waals surface area contributed by atoms with Crippen molar-refractivity contribution in [3.05, 3.63) is 33.9 Å². The fourth-order valence-corrected chi connectivity index (χ4v) is 2.11. The van der Waals surface area contributed by atoms with Crippen LogP contribution in [-0.4, -0.2) is 54.1 Å². The molecular weight excluding hydrogens is 286 g/mol. The summed E-state index contributed by atoms with van der Waals surface area (Å²) in [6, 6.07) is 4.27. The van der Waals surface area contributed by atoms with Crippen LogP contribution in [0, 0.1) is 10.1 Å². The molecule has 0 amide bonds. The van der Waals surface area contributed by atoms with Gasteiger partial charge >= 0.3 is 5.97 Å². The van der Waals surface area contributed by atoms with E-state index in [0.29, 0.717) is 5.69 Å². The Morgan fingerprint density at radius 1 is 1.30 bits per heavy atom. The summed E-state index contributed by atoms with van der Waals surface area (Å²) in [7, 11) is 2.02. The monoisotopic (exact) mass is 301 g/mol. The fourth-order valence-electron chi connectivity index (χ4n) is 2.11. The van der Waals surface area contributed by atoms with E-state index in [1.807, 2.05) is 11.9 Å². The molecule has 110 valence electrons. The number of likely N-dealkylation sites (N-methyl/N-ethyl adjacent to an activating group) is 1. The predicted molar refractivity (Wildman–Crippen MR) is 77.0 cm³/mol. The third kappa shape index (κ3) is 3.37. The maximum Gasteiger partial charge on any atom is 0.342 e. The van der Waals surface area contributed by atoms with E-state index in [0.717, 1.165) is 26.2 Å². The number of nitro benzene ring substituents is 1. The normalized spacial score (nSPS) is 15.6. The zero-order valence-corrected chi connectivity index (χ0v) is 11.8. The Morgan fingerprint density at radius 2 is 1.90 bits per heavy atom. The molecule has 7 nitrogen and oxygen atoms in total. The van der Waals surface area contributed by atoms with E-state index in [2.05, 4.69) is 4.90 Å². The average molecular weight is 302 g/mol. The zero-order valence-electron chi connectivity index (χ0n) is 11.0. The Balaban J connectivity index is 0.00000200. The molecule has 0 spiro atoms. The number of carbonyl (C=O) groups is 1. The molecule has 1 heterocycles. The largest absolute Gasteiger partial charge is 0.477 e. The number of benzene rings is 1. The molecular formula is C12H16ClN3O4. The topological polar surface area (TPSA) is 86.9 Å². The summed E-state index contributed by atoms with van der Waals surface area (Å²) in [5, 5.41) is 19.9. The van der Waals surface area contributed by atoms with E-state index >= 15 is 0 Å². The molecule has 0 aromatic heterocycles. The van der Waals surface area contributed by atoms with Crippen molar-refractivity contribution in [2.24, 2.45) is 0 Å². The Hall–Kier alpha value is -1.86. The van der Waals surface area contributed by atoms with Crippen LogP contribution >= 0.6 is 12.4 Å². The van der Waals surface area contributed by atoms with Gasteiger partial charge in [-0.25, -0.2) is 4.79 Å². The van der Waals surface area contributed by atoms with Gasteiger partial charge in [-0.2, -0.15) is 0 Å². The summed E-state index contributed by atoms with van der Waals surface area (Å²) in [5.74, 6) is -1.28.